The van der Waals surface area contributed by atoms with Gasteiger partial charge in [-0.25, -0.2) is 14.6 Å². The maximum atomic E-state index is 4.77. The van der Waals surface area contributed by atoms with Gasteiger partial charge in [-0.1, -0.05) is 13.8 Å². The van der Waals surface area contributed by atoms with Gasteiger partial charge in [0.15, 0.2) is 0 Å². The number of aryl methyl sites for hydroxylation is 3. The Bertz CT molecular complexity index is 595. The minimum absolute atomic E-state index is 0.690. The molecule has 0 saturated carbocycles. The third-order valence-electron chi connectivity index (χ3n) is 3.63. The molecular weight excluding hydrogens is 262 g/mol. The van der Waals surface area contributed by atoms with Gasteiger partial charge >= 0.3 is 0 Å². The topological polar surface area (TPSA) is 55.6 Å². The van der Waals surface area contributed by atoms with Crippen LogP contribution in [0.15, 0.2) is 6.07 Å². The van der Waals surface area contributed by atoms with Crippen molar-refractivity contribution in [2.45, 2.75) is 47.0 Å². The molecular formula is C16H25N5. The second-order valence-corrected chi connectivity index (χ2v) is 5.30. The fourth-order valence-corrected chi connectivity index (χ4v) is 2.69. The molecule has 0 aromatic carbocycles. The molecule has 0 atom stereocenters. The summed E-state index contributed by atoms with van der Waals surface area (Å²) in [5, 5.41) is 7.99. The van der Waals surface area contributed by atoms with Crippen molar-refractivity contribution in [3.63, 3.8) is 0 Å². The minimum Gasteiger partial charge on any atom is -0.319 e. The zero-order valence-electron chi connectivity index (χ0n) is 13.7. The van der Waals surface area contributed by atoms with E-state index < -0.39 is 0 Å². The highest BCUT2D eigenvalue weighted by atomic mass is 15.4. The Balaban J connectivity index is 2.54. The molecule has 0 fully saturated rings. The SMILES string of the molecule is CCc1nn(-c2nc(C)cc(C)n2)c(CC)c1CCNC. The van der Waals surface area contributed by atoms with E-state index in [0.29, 0.717) is 5.95 Å². The maximum Gasteiger partial charge on any atom is 0.251 e. The van der Waals surface area contributed by atoms with Gasteiger partial charge in [0.2, 0.25) is 0 Å². The zero-order valence-corrected chi connectivity index (χ0v) is 13.7. The van der Waals surface area contributed by atoms with Crippen LogP contribution in [0.25, 0.3) is 5.95 Å². The molecule has 0 unspecified atom stereocenters. The molecule has 2 aromatic rings. The molecule has 2 aromatic heterocycles. The van der Waals surface area contributed by atoms with Crippen LogP contribution in [0, 0.1) is 13.8 Å². The molecule has 0 saturated heterocycles. The van der Waals surface area contributed by atoms with Crippen molar-refractivity contribution in [3.05, 3.63) is 34.4 Å². The summed E-state index contributed by atoms with van der Waals surface area (Å²) in [6, 6.07) is 1.99. The van der Waals surface area contributed by atoms with Gasteiger partial charge in [-0.2, -0.15) is 5.10 Å². The fraction of sp³-hybridized carbons (Fsp3) is 0.562. The zero-order chi connectivity index (χ0) is 15.4. The van der Waals surface area contributed by atoms with Gasteiger partial charge in [-0.05, 0) is 58.3 Å². The number of nitrogens with zero attached hydrogens (tertiary/aromatic N) is 4. The monoisotopic (exact) mass is 287 g/mol. The summed E-state index contributed by atoms with van der Waals surface area (Å²) in [5.74, 6) is 0.690. The Morgan fingerprint density at radius 3 is 2.29 bits per heavy atom. The molecule has 0 aliphatic rings. The number of likely N-dealkylation sites (N-methyl/N-ethyl adjacent to an activating group) is 1. The number of aromatic nitrogens is 4. The van der Waals surface area contributed by atoms with Gasteiger partial charge in [0.1, 0.15) is 0 Å². The Morgan fingerprint density at radius 1 is 1.10 bits per heavy atom. The van der Waals surface area contributed by atoms with Gasteiger partial charge in [-0.3, -0.25) is 0 Å². The lowest BCUT2D eigenvalue weighted by Crippen LogP contribution is -2.13. The van der Waals surface area contributed by atoms with Crippen LogP contribution in [0.3, 0.4) is 0 Å². The summed E-state index contributed by atoms with van der Waals surface area (Å²) < 4.78 is 1.93. The first-order chi connectivity index (χ1) is 10.1. The van der Waals surface area contributed by atoms with E-state index in [1.54, 1.807) is 0 Å². The molecule has 5 heteroatoms. The summed E-state index contributed by atoms with van der Waals surface area (Å²) in [6.45, 7) is 9.26. The lowest BCUT2D eigenvalue weighted by atomic mass is 10.1. The standard InChI is InChI=1S/C16H25N5/c1-6-14-13(8-9-17-5)15(7-2)21(20-14)16-18-11(3)10-12(4)19-16/h10,17H,6-9H2,1-5H3. The molecule has 0 amide bonds. The Labute approximate surface area is 126 Å². The van der Waals surface area contributed by atoms with Crippen molar-refractivity contribution < 1.29 is 0 Å². The Kier molecular flexibility index (Phi) is 5.07. The lowest BCUT2D eigenvalue weighted by molar-refractivity contribution is 0.734. The molecule has 114 valence electrons. The number of rotatable bonds is 6. The highest BCUT2D eigenvalue weighted by Gasteiger charge is 2.17. The third kappa shape index (κ3) is 3.29. The molecule has 0 spiro atoms. The van der Waals surface area contributed by atoms with E-state index in [9.17, 15) is 0 Å². The van der Waals surface area contributed by atoms with Crippen molar-refractivity contribution in [1.82, 2.24) is 25.1 Å². The molecule has 0 aliphatic heterocycles. The van der Waals surface area contributed by atoms with E-state index in [-0.39, 0.29) is 0 Å². The number of nitrogens with one attached hydrogen (secondary N) is 1. The molecule has 0 radical (unpaired) electrons. The van der Waals surface area contributed by atoms with Crippen LogP contribution in [0.5, 0.6) is 0 Å². The van der Waals surface area contributed by atoms with E-state index in [4.69, 9.17) is 5.10 Å². The average Bonchev–Trinajstić information content (AvgIpc) is 2.81. The van der Waals surface area contributed by atoms with Crippen molar-refractivity contribution in [2.75, 3.05) is 13.6 Å². The first-order valence-corrected chi connectivity index (χ1v) is 7.67. The largest absolute Gasteiger partial charge is 0.319 e. The van der Waals surface area contributed by atoms with Gasteiger partial charge in [0, 0.05) is 11.4 Å². The smallest absolute Gasteiger partial charge is 0.251 e. The van der Waals surface area contributed by atoms with Gasteiger partial charge in [0.25, 0.3) is 5.95 Å². The van der Waals surface area contributed by atoms with Crippen molar-refractivity contribution in [3.8, 4) is 5.95 Å². The van der Waals surface area contributed by atoms with E-state index in [1.165, 1.54) is 11.3 Å². The number of hydrogen-bond donors (Lipinski definition) is 1. The Morgan fingerprint density at radius 2 is 1.76 bits per heavy atom. The first kappa shape index (κ1) is 15.6. The third-order valence-corrected chi connectivity index (χ3v) is 3.63. The fourth-order valence-electron chi connectivity index (χ4n) is 2.69. The Hall–Kier alpha value is -1.75. The van der Waals surface area contributed by atoms with Crippen LogP contribution in [0.4, 0.5) is 0 Å². The highest BCUT2D eigenvalue weighted by molar-refractivity contribution is 5.32. The van der Waals surface area contributed by atoms with E-state index in [2.05, 4.69) is 29.1 Å². The van der Waals surface area contributed by atoms with Crippen molar-refractivity contribution in [1.29, 1.82) is 0 Å². The van der Waals surface area contributed by atoms with E-state index >= 15 is 0 Å². The second kappa shape index (κ2) is 6.80. The quantitative estimate of drug-likeness (QED) is 0.884. The molecule has 1 N–H and O–H groups in total. The van der Waals surface area contributed by atoms with Crippen LogP contribution in [0.2, 0.25) is 0 Å². The van der Waals surface area contributed by atoms with Crippen LogP contribution in [-0.4, -0.2) is 33.3 Å². The van der Waals surface area contributed by atoms with Crippen LogP contribution in [0.1, 0.15) is 42.2 Å². The normalized spacial score (nSPS) is 11.1. The van der Waals surface area contributed by atoms with Crippen LogP contribution < -0.4 is 5.32 Å². The summed E-state index contributed by atoms with van der Waals surface area (Å²) in [5.41, 5.74) is 5.68. The predicted octanol–water partition coefficient (Wildman–Crippen LogP) is 2.17. The van der Waals surface area contributed by atoms with Gasteiger partial charge in [0.05, 0.1) is 11.4 Å². The summed E-state index contributed by atoms with van der Waals surface area (Å²) >= 11 is 0. The minimum atomic E-state index is 0.690. The van der Waals surface area contributed by atoms with E-state index in [0.717, 1.165) is 42.9 Å². The predicted molar refractivity (Wildman–Crippen MR) is 85.0 cm³/mol. The molecule has 0 bridgehead atoms. The average molecular weight is 287 g/mol. The maximum absolute atomic E-state index is 4.77. The number of hydrogen-bond acceptors (Lipinski definition) is 4. The molecule has 21 heavy (non-hydrogen) atoms. The highest BCUT2D eigenvalue weighted by Crippen LogP contribution is 2.19. The molecule has 2 rings (SSSR count). The first-order valence-electron chi connectivity index (χ1n) is 7.67. The van der Waals surface area contributed by atoms with Gasteiger partial charge < -0.3 is 5.32 Å². The van der Waals surface area contributed by atoms with Gasteiger partial charge in [-0.15, -0.1) is 0 Å². The second-order valence-electron chi connectivity index (χ2n) is 5.30. The van der Waals surface area contributed by atoms with Crippen molar-refractivity contribution in [2.24, 2.45) is 0 Å². The molecule has 5 nitrogen and oxygen atoms in total. The van der Waals surface area contributed by atoms with Crippen LogP contribution >= 0.6 is 0 Å². The van der Waals surface area contributed by atoms with E-state index in [1.807, 2.05) is 31.6 Å². The molecule has 2 heterocycles. The molecule has 0 aliphatic carbocycles. The summed E-state index contributed by atoms with van der Waals surface area (Å²) in [4.78, 5) is 9.11. The lowest BCUT2D eigenvalue weighted by Gasteiger charge is -2.08. The summed E-state index contributed by atoms with van der Waals surface area (Å²) in [7, 11) is 1.98. The van der Waals surface area contributed by atoms with Crippen LogP contribution in [-0.2, 0) is 19.3 Å². The summed E-state index contributed by atoms with van der Waals surface area (Å²) in [6.07, 6.45) is 2.86. The van der Waals surface area contributed by atoms with Crippen molar-refractivity contribution >= 4 is 0 Å².